The molecule has 3 heterocycles. The molecule has 2 amide bonds. The lowest BCUT2D eigenvalue weighted by atomic mass is 9.79. The summed E-state index contributed by atoms with van der Waals surface area (Å²) < 4.78 is 6.89. The van der Waals surface area contributed by atoms with Crippen molar-refractivity contribution in [2.24, 2.45) is 0 Å². The Balaban J connectivity index is 1.28. The predicted octanol–water partition coefficient (Wildman–Crippen LogP) is 0.684. The first kappa shape index (κ1) is 17.7. The zero-order valence-electron chi connectivity index (χ0n) is 15.4. The van der Waals surface area contributed by atoms with Crippen LogP contribution in [0, 0.1) is 0 Å². The average Bonchev–Trinajstić information content (AvgIpc) is 3.39. The van der Waals surface area contributed by atoms with E-state index < -0.39 is 7.12 Å². The highest BCUT2D eigenvalue weighted by molar-refractivity contribution is 6.61. The Kier molecular flexibility index (Phi) is 4.19. The van der Waals surface area contributed by atoms with Gasteiger partial charge in [-0.15, -0.1) is 0 Å². The Labute approximate surface area is 166 Å². The molecule has 5 rings (SSSR count). The molecule has 9 heteroatoms. The number of aromatic nitrogens is 2. The quantitative estimate of drug-likeness (QED) is 0.641. The molecule has 2 aliphatic heterocycles. The minimum absolute atomic E-state index is 0.0570. The largest absolute Gasteiger partial charge is 0.491 e. The minimum Gasteiger partial charge on any atom is -0.423 e. The molecule has 0 unspecified atom stereocenters. The van der Waals surface area contributed by atoms with Crippen LogP contribution in [0.3, 0.4) is 0 Å². The molecule has 0 fully saturated rings. The van der Waals surface area contributed by atoms with E-state index in [0.29, 0.717) is 29.9 Å². The van der Waals surface area contributed by atoms with Crippen LogP contribution in [0.1, 0.15) is 21.6 Å². The molecule has 0 atom stereocenters. The van der Waals surface area contributed by atoms with Gasteiger partial charge in [0.2, 0.25) is 5.91 Å². The number of amides is 2. The minimum atomic E-state index is -0.917. The predicted molar refractivity (Wildman–Crippen MR) is 106 cm³/mol. The number of nitrogens with zero attached hydrogens (tertiary/aromatic N) is 3. The Bertz CT molecular complexity index is 1110. The zero-order chi connectivity index (χ0) is 20.0. The SMILES string of the molecule is O=C(CN1Cc2c(cnn2-c2ccccc2)C1=O)Nc1ccc2c(c1)COB2O. The number of hydrogen-bond donors (Lipinski definition) is 2. The van der Waals surface area contributed by atoms with E-state index in [0.717, 1.165) is 16.9 Å². The smallest absolute Gasteiger partial charge is 0.423 e. The molecular weight excluding hydrogens is 371 g/mol. The molecule has 29 heavy (non-hydrogen) atoms. The van der Waals surface area contributed by atoms with E-state index in [9.17, 15) is 14.6 Å². The summed E-state index contributed by atoms with van der Waals surface area (Å²) in [5.41, 5.74) is 4.31. The van der Waals surface area contributed by atoms with Crippen LogP contribution in [0.15, 0.2) is 54.7 Å². The topological polar surface area (TPSA) is 96.7 Å². The molecule has 2 N–H and O–H groups in total. The highest BCUT2D eigenvalue weighted by atomic mass is 16.5. The molecule has 1 aromatic heterocycles. The third-order valence-electron chi connectivity index (χ3n) is 5.15. The number of benzene rings is 2. The van der Waals surface area contributed by atoms with Crippen LogP contribution < -0.4 is 10.8 Å². The normalized spacial score (nSPS) is 14.9. The van der Waals surface area contributed by atoms with Gasteiger partial charge in [0.1, 0.15) is 6.54 Å². The van der Waals surface area contributed by atoms with Gasteiger partial charge in [-0.2, -0.15) is 5.10 Å². The number of carbonyl (C=O) groups excluding carboxylic acids is 2. The van der Waals surface area contributed by atoms with Crippen molar-refractivity contribution >= 4 is 30.1 Å². The fourth-order valence-corrected chi connectivity index (χ4v) is 3.73. The maximum absolute atomic E-state index is 12.7. The van der Waals surface area contributed by atoms with Crippen LogP contribution in [0.4, 0.5) is 5.69 Å². The summed E-state index contributed by atoms with van der Waals surface area (Å²) in [5.74, 6) is -0.495. The summed E-state index contributed by atoms with van der Waals surface area (Å²) in [6.07, 6.45) is 1.55. The monoisotopic (exact) mass is 388 g/mol. The summed E-state index contributed by atoms with van der Waals surface area (Å²) in [6.45, 7) is 0.565. The van der Waals surface area contributed by atoms with E-state index in [4.69, 9.17) is 4.65 Å². The number of fused-ring (bicyclic) bond motifs is 2. The Morgan fingerprint density at radius 3 is 2.90 bits per heavy atom. The van der Waals surface area contributed by atoms with Crippen LogP contribution in [-0.2, 0) is 22.6 Å². The highest BCUT2D eigenvalue weighted by Crippen LogP contribution is 2.25. The van der Waals surface area contributed by atoms with Gasteiger partial charge in [-0.05, 0) is 35.3 Å². The number of rotatable bonds is 4. The molecule has 8 nitrogen and oxygen atoms in total. The number of nitrogens with one attached hydrogen (secondary N) is 1. The second kappa shape index (κ2) is 6.87. The molecule has 0 saturated carbocycles. The van der Waals surface area contributed by atoms with Crippen molar-refractivity contribution < 1.29 is 19.3 Å². The van der Waals surface area contributed by atoms with Crippen molar-refractivity contribution in [2.75, 3.05) is 11.9 Å². The van der Waals surface area contributed by atoms with E-state index in [1.165, 1.54) is 4.90 Å². The third-order valence-corrected chi connectivity index (χ3v) is 5.15. The molecule has 0 radical (unpaired) electrons. The molecule has 0 spiro atoms. The lowest BCUT2D eigenvalue weighted by molar-refractivity contribution is -0.116. The standard InChI is InChI=1S/C20H17BN4O4/c26-19(23-14-6-7-17-13(8-14)12-29-21(17)28)11-24-10-18-16(20(24)27)9-22-25(18)15-4-2-1-3-5-15/h1-9,28H,10-12H2,(H,23,26). The molecular formula is C20H17BN4O4. The molecule has 2 aliphatic rings. The van der Waals surface area contributed by atoms with Gasteiger partial charge in [-0.1, -0.05) is 24.3 Å². The fourth-order valence-electron chi connectivity index (χ4n) is 3.73. The fraction of sp³-hybridized carbons (Fsp3) is 0.150. The van der Waals surface area contributed by atoms with Crippen LogP contribution in [0.5, 0.6) is 0 Å². The highest BCUT2D eigenvalue weighted by Gasteiger charge is 2.33. The maximum atomic E-state index is 12.7. The van der Waals surface area contributed by atoms with Crippen molar-refractivity contribution in [2.45, 2.75) is 13.2 Å². The van der Waals surface area contributed by atoms with Gasteiger partial charge < -0.3 is 19.9 Å². The van der Waals surface area contributed by atoms with Gasteiger partial charge >= 0.3 is 7.12 Å². The van der Waals surface area contributed by atoms with E-state index in [1.54, 1.807) is 29.1 Å². The van der Waals surface area contributed by atoms with E-state index in [1.807, 2.05) is 30.3 Å². The van der Waals surface area contributed by atoms with Gasteiger partial charge in [-0.3, -0.25) is 9.59 Å². The molecule has 3 aromatic rings. The summed E-state index contributed by atoms with van der Waals surface area (Å²) >= 11 is 0. The Hall–Kier alpha value is -3.43. The number of hydrogen-bond acceptors (Lipinski definition) is 5. The Morgan fingerprint density at radius 1 is 1.24 bits per heavy atom. The van der Waals surface area contributed by atoms with Gasteiger partial charge in [0, 0.05) is 5.69 Å². The van der Waals surface area contributed by atoms with Crippen LogP contribution in [0.25, 0.3) is 5.69 Å². The van der Waals surface area contributed by atoms with E-state index in [-0.39, 0.29) is 18.4 Å². The van der Waals surface area contributed by atoms with E-state index in [2.05, 4.69) is 10.4 Å². The van der Waals surface area contributed by atoms with E-state index >= 15 is 0 Å². The first-order valence-corrected chi connectivity index (χ1v) is 9.24. The zero-order valence-corrected chi connectivity index (χ0v) is 15.4. The van der Waals surface area contributed by atoms with Gasteiger partial charge in [0.15, 0.2) is 0 Å². The Morgan fingerprint density at radius 2 is 2.07 bits per heavy atom. The third kappa shape index (κ3) is 3.10. The van der Waals surface area contributed by atoms with Crippen molar-refractivity contribution in [1.82, 2.24) is 14.7 Å². The molecule has 2 aromatic carbocycles. The van der Waals surface area contributed by atoms with Gasteiger partial charge in [0.05, 0.1) is 36.3 Å². The van der Waals surface area contributed by atoms with Gasteiger partial charge in [-0.25, -0.2) is 4.68 Å². The first-order chi connectivity index (χ1) is 14.1. The van der Waals surface area contributed by atoms with Crippen LogP contribution in [0.2, 0.25) is 0 Å². The molecule has 0 saturated heterocycles. The molecule has 0 bridgehead atoms. The number of para-hydroxylation sites is 1. The van der Waals surface area contributed by atoms with Gasteiger partial charge in [0.25, 0.3) is 5.91 Å². The summed E-state index contributed by atoms with van der Waals surface area (Å²) in [7, 11) is -0.917. The molecule has 0 aliphatic carbocycles. The van der Waals surface area contributed by atoms with Crippen molar-refractivity contribution in [3.05, 3.63) is 71.5 Å². The average molecular weight is 388 g/mol. The summed E-state index contributed by atoms with van der Waals surface area (Å²) in [6, 6.07) is 14.8. The first-order valence-electron chi connectivity index (χ1n) is 9.24. The van der Waals surface area contributed by atoms with Crippen molar-refractivity contribution in [3.63, 3.8) is 0 Å². The number of carbonyl (C=O) groups is 2. The lowest BCUT2D eigenvalue weighted by Crippen LogP contribution is -2.34. The van der Waals surface area contributed by atoms with Crippen molar-refractivity contribution in [1.29, 1.82) is 0 Å². The number of anilines is 1. The van der Waals surface area contributed by atoms with Crippen LogP contribution in [-0.4, -0.2) is 45.2 Å². The molecule has 144 valence electrons. The van der Waals surface area contributed by atoms with Crippen molar-refractivity contribution in [3.8, 4) is 5.69 Å². The summed E-state index contributed by atoms with van der Waals surface area (Å²) in [5, 5.41) is 16.8. The lowest BCUT2D eigenvalue weighted by Gasteiger charge is -2.16. The maximum Gasteiger partial charge on any atom is 0.491 e. The summed E-state index contributed by atoms with van der Waals surface area (Å²) in [4.78, 5) is 26.7. The van der Waals surface area contributed by atoms with Crippen LogP contribution >= 0.6 is 0 Å². The second-order valence-electron chi connectivity index (χ2n) is 7.04. The second-order valence-corrected chi connectivity index (χ2v) is 7.04.